The zero-order valence-electron chi connectivity index (χ0n) is 14.0. The lowest BCUT2D eigenvalue weighted by Crippen LogP contribution is -2.42. The molecule has 132 valence electrons. The van der Waals surface area contributed by atoms with Gasteiger partial charge in [0.25, 0.3) is 5.91 Å². The molecular weight excluding hydrogens is 359 g/mol. The predicted molar refractivity (Wildman–Crippen MR) is 99.3 cm³/mol. The van der Waals surface area contributed by atoms with Crippen LogP contribution in [-0.2, 0) is 11.2 Å². The molecule has 0 spiro atoms. The second kappa shape index (κ2) is 8.17. The van der Waals surface area contributed by atoms with E-state index in [2.05, 4.69) is 11.9 Å². The molecule has 0 saturated carbocycles. The number of aryl methyl sites for hydroxylation is 1. The molecule has 2 heterocycles. The van der Waals surface area contributed by atoms with Crippen molar-refractivity contribution in [3.8, 4) is 0 Å². The Hall–Kier alpha value is -1.62. The lowest BCUT2D eigenvalue weighted by molar-refractivity contribution is -0.0228. The maximum atomic E-state index is 12.8. The van der Waals surface area contributed by atoms with Gasteiger partial charge >= 0.3 is 0 Å². The Bertz CT molecular complexity index is 767. The van der Waals surface area contributed by atoms with Crippen LogP contribution in [0.5, 0.6) is 0 Å². The maximum Gasteiger partial charge on any atom is 0.254 e. The number of carbonyl (C=O) groups is 1. The van der Waals surface area contributed by atoms with Crippen LogP contribution in [-0.4, -0.2) is 35.5 Å². The maximum absolute atomic E-state index is 12.8. The van der Waals surface area contributed by atoms with E-state index in [1.54, 1.807) is 24.4 Å². The van der Waals surface area contributed by atoms with E-state index in [1.165, 1.54) is 0 Å². The first kappa shape index (κ1) is 18.2. The summed E-state index contributed by atoms with van der Waals surface area (Å²) in [6.07, 6.45) is 3.37. The molecule has 1 fully saturated rings. The van der Waals surface area contributed by atoms with Gasteiger partial charge < -0.3 is 9.64 Å². The van der Waals surface area contributed by atoms with Crippen LogP contribution in [0.3, 0.4) is 0 Å². The van der Waals surface area contributed by atoms with Gasteiger partial charge in [-0.2, -0.15) is 0 Å². The molecule has 1 aliphatic rings. The fourth-order valence-corrected chi connectivity index (χ4v) is 3.24. The molecule has 0 N–H and O–H groups in total. The number of morpholine rings is 1. The summed E-state index contributed by atoms with van der Waals surface area (Å²) in [5.74, 6) is 0.00751. The third kappa shape index (κ3) is 4.32. The van der Waals surface area contributed by atoms with Crippen molar-refractivity contribution in [2.45, 2.75) is 25.9 Å². The summed E-state index contributed by atoms with van der Waals surface area (Å²) < 4.78 is 5.83. The lowest BCUT2D eigenvalue weighted by atomic mass is 10.1. The van der Waals surface area contributed by atoms with Gasteiger partial charge in [0.05, 0.1) is 23.2 Å². The molecule has 1 atom stereocenters. The highest BCUT2D eigenvalue weighted by Crippen LogP contribution is 2.29. The van der Waals surface area contributed by atoms with Gasteiger partial charge in [0.2, 0.25) is 0 Å². The summed E-state index contributed by atoms with van der Waals surface area (Å²) in [5.41, 5.74) is 2.55. The van der Waals surface area contributed by atoms with Crippen molar-refractivity contribution in [3.63, 3.8) is 0 Å². The Labute approximate surface area is 157 Å². The minimum Gasteiger partial charge on any atom is -0.370 e. The lowest BCUT2D eigenvalue weighted by Gasteiger charge is -2.33. The molecule has 0 aliphatic carbocycles. The molecule has 1 amide bonds. The second-order valence-corrected chi connectivity index (χ2v) is 6.88. The molecule has 25 heavy (non-hydrogen) atoms. The number of ether oxygens (including phenoxy) is 1. The number of hydrogen-bond acceptors (Lipinski definition) is 3. The highest BCUT2D eigenvalue weighted by atomic mass is 35.5. The van der Waals surface area contributed by atoms with E-state index in [0.29, 0.717) is 35.3 Å². The molecule has 2 aromatic rings. The molecule has 1 saturated heterocycles. The quantitative estimate of drug-likeness (QED) is 0.783. The first-order chi connectivity index (χ1) is 12.1. The van der Waals surface area contributed by atoms with Crippen LogP contribution in [0.1, 0.15) is 41.1 Å². The van der Waals surface area contributed by atoms with Crippen molar-refractivity contribution in [2.24, 2.45) is 0 Å². The van der Waals surface area contributed by atoms with Crippen LogP contribution >= 0.6 is 23.2 Å². The van der Waals surface area contributed by atoms with E-state index in [0.717, 1.165) is 24.1 Å². The van der Waals surface area contributed by atoms with Crippen molar-refractivity contribution >= 4 is 29.1 Å². The number of aromatic nitrogens is 1. The first-order valence-corrected chi connectivity index (χ1v) is 9.15. The van der Waals surface area contributed by atoms with E-state index < -0.39 is 0 Å². The zero-order chi connectivity index (χ0) is 17.8. The van der Waals surface area contributed by atoms with Gasteiger partial charge in [-0.3, -0.25) is 9.78 Å². The average Bonchev–Trinajstić information content (AvgIpc) is 2.64. The molecule has 0 radical (unpaired) electrons. The average molecular weight is 379 g/mol. The Kier molecular flexibility index (Phi) is 5.94. The van der Waals surface area contributed by atoms with Gasteiger partial charge in [-0.25, -0.2) is 0 Å². The van der Waals surface area contributed by atoms with E-state index in [1.807, 2.05) is 17.0 Å². The number of pyridine rings is 1. The molecule has 0 bridgehead atoms. The summed E-state index contributed by atoms with van der Waals surface area (Å²) in [5, 5.41) is 0.999. The van der Waals surface area contributed by atoms with Crippen LogP contribution in [0.2, 0.25) is 10.0 Å². The van der Waals surface area contributed by atoms with Gasteiger partial charge in [-0.05, 0) is 36.2 Å². The third-order valence-electron chi connectivity index (χ3n) is 4.24. The van der Waals surface area contributed by atoms with Crippen molar-refractivity contribution in [3.05, 3.63) is 63.4 Å². The third-order valence-corrected chi connectivity index (χ3v) is 4.98. The van der Waals surface area contributed by atoms with E-state index >= 15 is 0 Å². The summed E-state index contributed by atoms with van der Waals surface area (Å²) in [4.78, 5) is 19.0. The van der Waals surface area contributed by atoms with Crippen LogP contribution in [0.25, 0.3) is 0 Å². The molecule has 0 unspecified atom stereocenters. The largest absolute Gasteiger partial charge is 0.370 e. The Balaban J connectivity index is 1.75. The predicted octanol–water partition coefficient (Wildman–Crippen LogP) is 4.55. The number of carbonyl (C=O) groups excluding carboxylic acids is 1. The Morgan fingerprint density at radius 1 is 1.28 bits per heavy atom. The zero-order valence-corrected chi connectivity index (χ0v) is 15.6. The first-order valence-electron chi connectivity index (χ1n) is 8.39. The van der Waals surface area contributed by atoms with Gasteiger partial charge in [0, 0.05) is 24.0 Å². The minimum atomic E-state index is -0.204. The van der Waals surface area contributed by atoms with Gasteiger partial charge in [0.15, 0.2) is 0 Å². The van der Waals surface area contributed by atoms with Crippen LogP contribution in [0.15, 0.2) is 36.5 Å². The normalized spacial score (nSPS) is 17.6. The van der Waals surface area contributed by atoms with E-state index in [4.69, 9.17) is 27.9 Å². The molecule has 1 aliphatic heterocycles. The smallest absolute Gasteiger partial charge is 0.254 e. The fraction of sp³-hybridized carbons (Fsp3) is 0.368. The summed E-state index contributed by atoms with van der Waals surface area (Å²) >= 11 is 12.1. The van der Waals surface area contributed by atoms with Crippen molar-refractivity contribution in [1.82, 2.24) is 9.88 Å². The van der Waals surface area contributed by atoms with E-state index in [9.17, 15) is 4.79 Å². The van der Waals surface area contributed by atoms with E-state index in [-0.39, 0.29) is 12.0 Å². The van der Waals surface area contributed by atoms with Gasteiger partial charge in [0.1, 0.15) is 6.10 Å². The number of hydrogen-bond donors (Lipinski definition) is 0. The molecule has 6 heteroatoms. The number of halogens is 2. The van der Waals surface area contributed by atoms with Crippen LogP contribution in [0, 0.1) is 0 Å². The van der Waals surface area contributed by atoms with Crippen molar-refractivity contribution in [1.29, 1.82) is 0 Å². The number of benzene rings is 1. The fourth-order valence-electron chi connectivity index (χ4n) is 2.93. The highest BCUT2D eigenvalue weighted by molar-refractivity contribution is 6.42. The molecular formula is C19H20Cl2N2O2. The minimum absolute atomic E-state index is 0.00751. The Morgan fingerprint density at radius 2 is 2.12 bits per heavy atom. The van der Waals surface area contributed by atoms with Crippen LogP contribution < -0.4 is 0 Å². The summed E-state index contributed by atoms with van der Waals surface area (Å²) in [6.45, 7) is 3.65. The summed E-state index contributed by atoms with van der Waals surface area (Å²) in [6, 6.07) is 9.09. The number of rotatable bonds is 4. The van der Waals surface area contributed by atoms with Crippen molar-refractivity contribution in [2.75, 3.05) is 19.7 Å². The summed E-state index contributed by atoms with van der Waals surface area (Å²) in [7, 11) is 0. The monoisotopic (exact) mass is 378 g/mol. The number of amides is 1. The Morgan fingerprint density at radius 3 is 2.88 bits per heavy atom. The second-order valence-electron chi connectivity index (χ2n) is 6.07. The number of nitrogens with zero attached hydrogens (tertiary/aromatic N) is 2. The van der Waals surface area contributed by atoms with Gasteiger partial charge in [-0.15, -0.1) is 0 Å². The SMILES string of the molecule is CCCc1cc(C(=O)N2CCO[C@@H](c3ccc(Cl)c(Cl)c3)C2)ccn1. The molecule has 3 rings (SSSR count). The van der Waals surface area contributed by atoms with Crippen molar-refractivity contribution < 1.29 is 9.53 Å². The molecule has 1 aromatic heterocycles. The topological polar surface area (TPSA) is 42.4 Å². The van der Waals surface area contributed by atoms with Crippen LogP contribution in [0.4, 0.5) is 0 Å². The van der Waals surface area contributed by atoms with Gasteiger partial charge in [-0.1, -0.05) is 42.6 Å². The highest BCUT2D eigenvalue weighted by Gasteiger charge is 2.26. The molecule has 4 nitrogen and oxygen atoms in total. The molecule has 1 aromatic carbocycles. The standard InChI is InChI=1S/C19H20Cl2N2O2/c1-2-3-15-10-14(6-7-22-15)19(24)23-8-9-25-18(12-23)13-4-5-16(20)17(21)11-13/h4-7,10-11,18H,2-3,8-9,12H2,1H3/t18-/m1/s1.